The number of sulfonamides is 1. The Morgan fingerprint density at radius 2 is 1.70 bits per heavy atom. The van der Waals surface area contributed by atoms with Crippen molar-refractivity contribution in [3.05, 3.63) is 65.7 Å². The van der Waals surface area contributed by atoms with Gasteiger partial charge in [-0.3, -0.25) is 13.9 Å². The second-order valence-corrected chi connectivity index (χ2v) is 9.34. The minimum atomic E-state index is -4.68. The minimum absolute atomic E-state index is 0.109. The van der Waals surface area contributed by atoms with Crippen LogP contribution < -0.4 is 9.62 Å². The molecule has 0 saturated carbocycles. The molecule has 0 aliphatic heterocycles. The van der Waals surface area contributed by atoms with Crippen LogP contribution in [0.2, 0.25) is 0 Å². The zero-order valence-electron chi connectivity index (χ0n) is 18.5. The van der Waals surface area contributed by atoms with E-state index >= 15 is 0 Å². The van der Waals surface area contributed by atoms with Crippen LogP contribution in [0.4, 0.5) is 18.9 Å². The number of likely N-dealkylation sites (N-methyl/N-ethyl adjacent to an activating group) is 1. The van der Waals surface area contributed by atoms with Crippen LogP contribution >= 0.6 is 0 Å². The van der Waals surface area contributed by atoms with E-state index in [2.05, 4.69) is 5.32 Å². The smallest absolute Gasteiger partial charge is 0.357 e. The molecule has 1 unspecified atom stereocenters. The first-order valence-corrected chi connectivity index (χ1v) is 11.9. The number of halogens is 3. The molecule has 1 N–H and O–H groups in total. The van der Waals surface area contributed by atoms with Crippen LogP contribution in [-0.2, 0) is 32.2 Å². The fourth-order valence-corrected chi connectivity index (χ4v) is 4.07. The first kappa shape index (κ1) is 26.2. The van der Waals surface area contributed by atoms with Crippen molar-refractivity contribution < 1.29 is 31.2 Å². The summed E-state index contributed by atoms with van der Waals surface area (Å²) in [7, 11) is -2.70. The Labute approximate surface area is 191 Å². The molecule has 0 radical (unpaired) electrons. The van der Waals surface area contributed by atoms with Gasteiger partial charge >= 0.3 is 6.18 Å². The number of hydrogen-bond donors (Lipinski definition) is 1. The van der Waals surface area contributed by atoms with Crippen LogP contribution in [-0.4, -0.2) is 57.6 Å². The third-order valence-corrected chi connectivity index (χ3v) is 6.18. The highest BCUT2D eigenvalue weighted by Gasteiger charge is 2.33. The van der Waals surface area contributed by atoms with Crippen LogP contribution in [0.15, 0.2) is 54.6 Å². The molecule has 0 aromatic heterocycles. The summed E-state index contributed by atoms with van der Waals surface area (Å²) in [6.07, 6.45) is -3.48. The van der Waals surface area contributed by atoms with Gasteiger partial charge in [-0.1, -0.05) is 36.4 Å². The minimum Gasteiger partial charge on any atom is -0.357 e. The van der Waals surface area contributed by atoms with E-state index < -0.39 is 46.2 Å². The normalized spacial score (nSPS) is 12.7. The molecule has 33 heavy (non-hydrogen) atoms. The zero-order valence-corrected chi connectivity index (χ0v) is 19.3. The molecule has 0 aliphatic rings. The summed E-state index contributed by atoms with van der Waals surface area (Å²) in [6, 6.07) is 12.0. The van der Waals surface area contributed by atoms with Crippen molar-refractivity contribution in [1.82, 2.24) is 10.2 Å². The number of benzene rings is 2. The molecule has 2 amide bonds. The number of hydrogen-bond acceptors (Lipinski definition) is 4. The van der Waals surface area contributed by atoms with Crippen molar-refractivity contribution in [1.29, 1.82) is 0 Å². The molecule has 1 atom stereocenters. The van der Waals surface area contributed by atoms with E-state index in [9.17, 15) is 31.2 Å². The highest BCUT2D eigenvalue weighted by atomic mass is 32.2. The Morgan fingerprint density at radius 1 is 1.06 bits per heavy atom. The molecular formula is C22H26F3N3O4S. The lowest BCUT2D eigenvalue weighted by Gasteiger charge is -2.31. The molecule has 0 aliphatic carbocycles. The molecule has 0 spiro atoms. The molecule has 2 aromatic carbocycles. The molecule has 2 aromatic rings. The number of nitrogens with one attached hydrogen (secondary N) is 1. The predicted octanol–water partition coefficient (Wildman–Crippen LogP) is 2.68. The van der Waals surface area contributed by atoms with E-state index in [-0.39, 0.29) is 12.2 Å². The lowest BCUT2D eigenvalue weighted by Crippen LogP contribution is -2.51. The monoisotopic (exact) mass is 485 g/mol. The second-order valence-electron chi connectivity index (χ2n) is 7.43. The number of anilines is 1. The summed E-state index contributed by atoms with van der Waals surface area (Å²) in [5, 5.41) is 2.45. The van der Waals surface area contributed by atoms with E-state index in [1.165, 1.54) is 24.9 Å². The van der Waals surface area contributed by atoms with Gasteiger partial charge in [0.2, 0.25) is 21.8 Å². The maximum Gasteiger partial charge on any atom is 0.416 e. The maximum absolute atomic E-state index is 13.2. The van der Waals surface area contributed by atoms with E-state index in [1.54, 1.807) is 0 Å². The Hall–Kier alpha value is -3.08. The highest BCUT2D eigenvalue weighted by molar-refractivity contribution is 7.92. The summed E-state index contributed by atoms with van der Waals surface area (Å²) in [4.78, 5) is 26.6. The first-order valence-electron chi connectivity index (χ1n) is 10.0. The Kier molecular flexibility index (Phi) is 8.48. The third kappa shape index (κ3) is 7.21. The average molecular weight is 486 g/mol. The van der Waals surface area contributed by atoms with Crippen molar-refractivity contribution in [2.24, 2.45) is 0 Å². The Balaban J connectivity index is 2.35. The van der Waals surface area contributed by atoms with Gasteiger partial charge in [-0.2, -0.15) is 13.2 Å². The standard InChI is InChI=1S/C22H26F3N3O4S/c1-16(21(30)26-2)27(13-12-17-8-5-4-6-9-17)20(29)15-28(33(3,31)32)19-11-7-10-18(14-19)22(23,24)25/h4-11,14,16H,12-13,15H2,1-3H3,(H,26,30). The van der Waals surface area contributed by atoms with E-state index in [0.29, 0.717) is 16.8 Å². The van der Waals surface area contributed by atoms with Crippen LogP contribution in [0, 0.1) is 0 Å². The largest absolute Gasteiger partial charge is 0.416 e. The van der Waals surface area contributed by atoms with Crippen LogP contribution in [0.3, 0.4) is 0 Å². The Morgan fingerprint density at radius 3 is 2.24 bits per heavy atom. The summed E-state index contributed by atoms with van der Waals surface area (Å²) in [5.74, 6) is -1.17. The van der Waals surface area contributed by atoms with Gasteiger partial charge in [0, 0.05) is 13.6 Å². The number of rotatable bonds is 9. The molecule has 0 saturated heterocycles. The van der Waals surface area contributed by atoms with Gasteiger partial charge in [0.25, 0.3) is 0 Å². The third-order valence-electron chi connectivity index (χ3n) is 5.04. The van der Waals surface area contributed by atoms with Crippen LogP contribution in [0.25, 0.3) is 0 Å². The van der Waals surface area contributed by atoms with Crippen molar-refractivity contribution in [2.45, 2.75) is 25.6 Å². The molecule has 0 bridgehead atoms. The summed E-state index contributed by atoms with van der Waals surface area (Å²) in [6.45, 7) is 0.852. The van der Waals surface area contributed by atoms with Gasteiger partial charge in [0.15, 0.2) is 0 Å². The molecule has 7 nitrogen and oxygen atoms in total. The lowest BCUT2D eigenvalue weighted by molar-refractivity contribution is -0.138. The van der Waals surface area contributed by atoms with Crippen LogP contribution in [0.1, 0.15) is 18.1 Å². The highest BCUT2D eigenvalue weighted by Crippen LogP contribution is 2.32. The number of alkyl halides is 3. The van der Waals surface area contributed by atoms with Crippen LogP contribution in [0.5, 0.6) is 0 Å². The molecule has 2 rings (SSSR count). The summed E-state index contributed by atoms with van der Waals surface area (Å²) >= 11 is 0. The van der Waals surface area contributed by atoms with E-state index in [1.807, 2.05) is 30.3 Å². The zero-order chi connectivity index (χ0) is 24.8. The van der Waals surface area contributed by atoms with Gasteiger partial charge in [-0.05, 0) is 37.1 Å². The molecule has 0 heterocycles. The molecule has 180 valence electrons. The van der Waals surface area contributed by atoms with Crippen molar-refractivity contribution in [3.63, 3.8) is 0 Å². The number of amides is 2. The molecular weight excluding hydrogens is 459 g/mol. The fraction of sp³-hybridized carbons (Fsp3) is 0.364. The fourth-order valence-electron chi connectivity index (χ4n) is 3.23. The van der Waals surface area contributed by atoms with Crippen molar-refractivity contribution in [2.75, 3.05) is 30.7 Å². The van der Waals surface area contributed by atoms with E-state index in [0.717, 1.165) is 24.0 Å². The quantitative estimate of drug-likeness (QED) is 0.592. The van der Waals surface area contributed by atoms with Gasteiger partial charge in [-0.15, -0.1) is 0 Å². The average Bonchev–Trinajstić information content (AvgIpc) is 2.76. The van der Waals surface area contributed by atoms with Crippen molar-refractivity contribution in [3.8, 4) is 0 Å². The van der Waals surface area contributed by atoms with Gasteiger partial charge in [0.05, 0.1) is 17.5 Å². The number of carbonyl (C=O) groups is 2. The second kappa shape index (κ2) is 10.7. The lowest BCUT2D eigenvalue weighted by atomic mass is 10.1. The summed E-state index contributed by atoms with van der Waals surface area (Å²) < 4.78 is 64.8. The van der Waals surface area contributed by atoms with Gasteiger partial charge < -0.3 is 10.2 Å². The maximum atomic E-state index is 13.2. The van der Waals surface area contributed by atoms with Gasteiger partial charge in [-0.25, -0.2) is 8.42 Å². The van der Waals surface area contributed by atoms with Crippen molar-refractivity contribution >= 4 is 27.5 Å². The van der Waals surface area contributed by atoms with Gasteiger partial charge in [0.1, 0.15) is 12.6 Å². The first-order chi connectivity index (χ1) is 15.3. The SMILES string of the molecule is CNC(=O)C(C)N(CCc1ccccc1)C(=O)CN(c1cccc(C(F)(F)F)c1)S(C)(=O)=O. The topological polar surface area (TPSA) is 86.8 Å². The Bertz CT molecular complexity index is 1080. The number of nitrogens with zero attached hydrogens (tertiary/aromatic N) is 2. The molecule has 0 fully saturated rings. The van der Waals surface area contributed by atoms with E-state index in [4.69, 9.17) is 0 Å². The number of carbonyl (C=O) groups excluding carboxylic acids is 2. The predicted molar refractivity (Wildman–Crippen MR) is 119 cm³/mol. The summed E-state index contributed by atoms with van der Waals surface area (Å²) in [5.41, 5.74) is -0.436. The molecule has 11 heteroatoms.